The Morgan fingerprint density at radius 3 is 2.60 bits per heavy atom. The molecule has 2 rings (SSSR count). The van der Waals surface area contributed by atoms with Crippen LogP contribution in [0, 0.1) is 18.4 Å². The van der Waals surface area contributed by atoms with Gasteiger partial charge in [-0.3, -0.25) is 9.59 Å². The van der Waals surface area contributed by atoms with Crippen LogP contribution in [0.25, 0.3) is 0 Å². The van der Waals surface area contributed by atoms with E-state index in [1.54, 1.807) is 0 Å². The van der Waals surface area contributed by atoms with E-state index in [4.69, 9.17) is 1.37 Å². The molecule has 20 heavy (non-hydrogen) atoms. The summed E-state index contributed by atoms with van der Waals surface area (Å²) in [6.45, 7) is 9.27. The first-order chi connectivity index (χ1) is 9.31. The molecule has 2 amide bonds. The van der Waals surface area contributed by atoms with E-state index >= 15 is 0 Å². The maximum absolute atomic E-state index is 12.1. The van der Waals surface area contributed by atoms with E-state index < -0.39 is 6.39 Å². The molecule has 0 spiro atoms. The number of rotatable bonds is 2. The van der Waals surface area contributed by atoms with Gasteiger partial charge in [0.15, 0.2) is 0 Å². The first kappa shape index (κ1) is 16.4. The summed E-state index contributed by atoms with van der Waals surface area (Å²) in [5, 5.41) is 0. The van der Waals surface area contributed by atoms with Gasteiger partial charge in [0, 0.05) is 45.8 Å². The number of carbonyl (C=O) groups is 2. The molecule has 2 fully saturated rings. The summed E-state index contributed by atoms with van der Waals surface area (Å²) in [6.07, 6.45) is 0.861. The van der Waals surface area contributed by atoms with Crippen LogP contribution in [0.1, 0.15) is 21.1 Å². The zero-order chi connectivity index (χ0) is 14.9. The van der Waals surface area contributed by atoms with Crippen molar-refractivity contribution in [2.45, 2.75) is 19.8 Å². The van der Waals surface area contributed by atoms with E-state index in [0.29, 0.717) is 26.2 Å². The average Bonchev–Trinajstić information content (AvgIpc) is 2.34. The molecule has 0 aromatic rings. The van der Waals surface area contributed by atoms with Gasteiger partial charge < -0.3 is 21.6 Å². The average molecular weight is 356 g/mol. The summed E-state index contributed by atoms with van der Waals surface area (Å²) >= 11 is 0. The summed E-state index contributed by atoms with van der Waals surface area (Å²) in [4.78, 5) is 28.6. The van der Waals surface area contributed by atoms with Gasteiger partial charge in [-0.15, -0.1) is 12.0 Å². The molecule has 6 heteroatoms. The molecule has 1 radical (unpaired) electrons. The molecule has 0 saturated carbocycles. The van der Waals surface area contributed by atoms with Crippen molar-refractivity contribution in [1.29, 1.82) is 0 Å². The van der Waals surface area contributed by atoms with Crippen LogP contribution in [0.3, 0.4) is 0 Å². The fourth-order valence-electron chi connectivity index (χ4n) is 2.85. The third-order valence-corrected chi connectivity index (χ3v) is 4.11. The van der Waals surface area contributed by atoms with Crippen molar-refractivity contribution in [3.05, 3.63) is 13.0 Å². The fourth-order valence-corrected chi connectivity index (χ4v) is 2.85. The molecule has 0 N–H and O–H groups in total. The summed E-state index contributed by atoms with van der Waals surface area (Å²) in [5.41, 5.74) is -0.210. The van der Waals surface area contributed by atoms with Crippen LogP contribution >= 0.6 is 0 Å². The zero-order valence-electron chi connectivity index (χ0n) is 13.4. The minimum Gasteiger partial charge on any atom is -0.490 e. The molecule has 0 atom stereocenters. The van der Waals surface area contributed by atoms with E-state index in [1.165, 1.54) is 4.90 Å². The van der Waals surface area contributed by atoms with Crippen LogP contribution in [-0.2, 0) is 42.3 Å². The van der Waals surface area contributed by atoms with E-state index in [0.717, 1.165) is 25.4 Å². The van der Waals surface area contributed by atoms with Gasteiger partial charge in [-0.25, -0.2) is 6.04 Å². The Hall–Kier alpha value is 0.00390. The Kier molecular flexibility index (Phi) is 6.00. The van der Waals surface area contributed by atoms with Crippen LogP contribution in [0.15, 0.2) is 0 Å². The second-order valence-electron chi connectivity index (χ2n) is 5.97. The smallest absolute Gasteiger partial charge is 0.209 e. The Morgan fingerprint density at radius 1 is 1.50 bits per heavy atom. The molecule has 5 nitrogen and oxygen atoms in total. The van der Waals surface area contributed by atoms with E-state index in [2.05, 4.69) is 6.92 Å². The number of amides is 2. The quantitative estimate of drug-likeness (QED) is 0.531. The van der Waals surface area contributed by atoms with Gasteiger partial charge in [-0.2, -0.15) is 6.92 Å². The van der Waals surface area contributed by atoms with E-state index in [1.807, 2.05) is 23.8 Å². The maximum Gasteiger partial charge on any atom is 0.209 e. The SMILES string of the molecule is [3H]C(=O)N1CCC([CH2-])(CN2C(=O)CN(C)C[C-]2C)CC1.[Y]. The van der Waals surface area contributed by atoms with Gasteiger partial charge >= 0.3 is 0 Å². The molecular formula is C14H23N3O2Y-2. The number of likely N-dealkylation sites (tertiary alicyclic amines) is 1. The summed E-state index contributed by atoms with van der Waals surface area (Å²) in [6, 6.07) is 1.06. The molecule has 2 saturated heterocycles. The fraction of sp³-hybridized carbons (Fsp3) is 0.714. The first-order valence-electron chi connectivity index (χ1n) is 7.23. The van der Waals surface area contributed by atoms with E-state index in [-0.39, 0.29) is 44.0 Å². The van der Waals surface area contributed by atoms with Crippen molar-refractivity contribution in [2.75, 3.05) is 39.8 Å². The number of carbonyl (C=O) groups excluding carboxylic acids is 2. The normalized spacial score (nSPS) is 25.1. The third kappa shape index (κ3) is 4.25. The first-order valence-corrected chi connectivity index (χ1v) is 6.73. The Balaban J connectivity index is 0.00000220. The van der Waals surface area contributed by atoms with Gasteiger partial charge in [0.1, 0.15) is 1.37 Å². The van der Waals surface area contributed by atoms with Gasteiger partial charge in [-0.05, 0) is 13.6 Å². The second-order valence-corrected chi connectivity index (χ2v) is 5.97. The van der Waals surface area contributed by atoms with Crippen molar-refractivity contribution in [3.8, 4) is 0 Å². The van der Waals surface area contributed by atoms with Crippen molar-refractivity contribution in [1.82, 2.24) is 14.7 Å². The molecule has 0 unspecified atom stereocenters. The molecule has 0 aliphatic carbocycles. The molecule has 0 bridgehead atoms. The summed E-state index contributed by atoms with van der Waals surface area (Å²) < 4.78 is 7.13. The monoisotopic (exact) mass is 356 g/mol. The Morgan fingerprint density at radius 2 is 2.10 bits per heavy atom. The summed E-state index contributed by atoms with van der Waals surface area (Å²) in [5.74, 6) is 0.123. The van der Waals surface area contributed by atoms with Crippen LogP contribution in [0.5, 0.6) is 0 Å². The predicted molar refractivity (Wildman–Crippen MR) is 72.8 cm³/mol. The predicted octanol–water partition coefficient (Wildman–Crippen LogP) is 0.382. The number of nitrogens with zero attached hydrogens (tertiary/aromatic N) is 3. The molecule has 0 aromatic carbocycles. The number of hydrogen-bond donors (Lipinski definition) is 0. The number of piperazine rings is 1. The summed E-state index contributed by atoms with van der Waals surface area (Å²) in [7, 11) is 1.94. The zero-order valence-corrected chi connectivity index (χ0v) is 15.2. The molecule has 0 aromatic heterocycles. The molecular weight excluding hydrogens is 331 g/mol. The van der Waals surface area contributed by atoms with Gasteiger partial charge in [-0.1, -0.05) is 12.8 Å². The molecule has 2 aliphatic heterocycles. The van der Waals surface area contributed by atoms with Crippen LogP contribution in [0.4, 0.5) is 0 Å². The van der Waals surface area contributed by atoms with Gasteiger partial charge in [0.05, 0.1) is 6.54 Å². The molecule has 111 valence electrons. The van der Waals surface area contributed by atoms with Crippen LogP contribution in [0.2, 0.25) is 0 Å². The molecule has 2 heterocycles. The standard InChI is InChI=1S/C14H23N3O2.Y/c1-12-8-15(3)9-13(19)17(12)10-14(2)4-6-16(11-18)7-5-14;/h11H,2,4-10H2,1,3H3;/q-2;/i11T;. The Labute approximate surface area is 148 Å². The number of piperidine rings is 1. The third-order valence-electron chi connectivity index (χ3n) is 4.11. The van der Waals surface area contributed by atoms with E-state index in [9.17, 15) is 9.59 Å². The number of hydrogen-bond acceptors (Lipinski definition) is 3. The van der Waals surface area contributed by atoms with Crippen LogP contribution < -0.4 is 0 Å². The number of likely N-dealkylation sites (N-methyl/N-ethyl adjacent to an activating group) is 1. The second kappa shape index (κ2) is 7.32. The largest absolute Gasteiger partial charge is 0.490 e. The Bertz CT molecular complexity index is 400. The topological polar surface area (TPSA) is 43.9 Å². The van der Waals surface area contributed by atoms with Gasteiger partial charge in [0.2, 0.25) is 12.3 Å². The maximum atomic E-state index is 12.1. The van der Waals surface area contributed by atoms with Gasteiger partial charge in [0.25, 0.3) is 0 Å². The van der Waals surface area contributed by atoms with Crippen molar-refractivity contribution in [3.63, 3.8) is 0 Å². The van der Waals surface area contributed by atoms with Crippen molar-refractivity contribution < 1.29 is 43.7 Å². The minimum absolute atomic E-state index is 0. The van der Waals surface area contributed by atoms with Crippen molar-refractivity contribution in [2.24, 2.45) is 5.41 Å². The van der Waals surface area contributed by atoms with Crippen molar-refractivity contribution >= 4 is 12.3 Å². The van der Waals surface area contributed by atoms with Crippen LogP contribution in [-0.4, -0.2) is 66.8 Å². The minimum atomic E-state index is -0.620. The molecule has 2 aliphatic rings.